The second-order valence-electron chi connectivity index (χ2n) is 34.6. The van der Waals surface area contributed by atoms with E-state index < -0.39 is 57.1 Å². The Hall–Kier alpha value is -6.86. The molecule has 8 bridgehead atoms. The van der Waals surface area contributed by atoms with Crippen LogP contribution in [-0.2, 0) is 95.3 Å². The normalized spacial score (nSPS) is 28.7. The number of hydrogen-bond donors (Lipinski definition) is 0. The number of rotatable bonds is 21. The Balaban J connectivity index is 0.000000205. The monoisotopic (exact) mass is 1450 g/mol. The minimum absolute atomic E-state index is 0.0546. The molecular formula is C84H126O20. The van der Waals surface area contributed by atoms with Crippen molar-refractivity contribution in [3.63, 3.8) is 0 Å². The summed E-state index contributed by atoms with van der Waals surface area (Å²) < 4.78 is 54.7. The van der Waals surface area contributed by atoms with Gasteiger partial charge in [-0.3, -0.25) is 24.0 Å². The van der Waals surface area contributed by atoms with Gasteiger partial charge in [0.1, 0.15) is 44.8 Å². The summed E-state index contributed by atoms with van der Waals surface area (Å²) in [5.74, 6) is 0.643. The van der Waals surface area contributed by atoms with Gasteiger partial charge in [0.15, 0.2) is 0 Å². The average molecular weight is 1460 g/mol. The molecule has 12 aliphatic carbocycles. The second-order valence-corrected chi connectivity index (χ2v) is 34.6. The number of hydrogen-bond acceptors (Lipinski definition) is 20. The standard InChI is InChI=1S/C20H30O4.C19H30O4.C17H24O4.C15H24O4.C13H18O4/c1-12(2)18(22)24-20(11-17(21)23-19(3,4)5)15-7-13-6-14(9-15)10-16(20)8-13;1-15(2)17(21)23-19(12-8-5-9-13-19)14-16(20)22-18(3)10-6-4-7-11-18;1-10(2)16(19)21-17(9-15(18)20-3)13-5-11-4-12(7-13)8-14(17)6-11;1-11(2)13(17)19-15(8-6-7-9-15)10-12(16)18-14(3,4)5;1-10(2)12(15)17-13(9-11(14)16-3)7-5-4-6-8-13/h13-16H,1,6-11H2,2-5H3;1,4-14H2,2-3H3;11-14H,1,4-9H2,2-3H3;1,6-10H2,2-5H3;5,7H,1,4,6,8-9H2,2-3H3. The summed E-state index contributed by atoms with van der Waals surface area (Å²) in [6, 6.07) is 0. The maximum atomic E-state index is 12.6. The first-order valence-corrected chi connectivity index (χ1v) is 38.4. The fraction of sp³-hybridized carbons (Fsp3) is 0.738. The van der Waals surface area contributed by atoms with Crippen molar-refractivity contribution >= 4 is 59.7 Å². The molecule has 0 aliphatic heterocycles. The fourth-order valence-electron chi connectivity index (χ4n) is 18.2. The van der Waals surface area contributed by atoms with Crippen molar-refractivity contribution in [2.24, 2.45) is 47.3 Å². The number of carbonyl (C=O) groups excluding carboxylic acids is 10. The molecule has 11 fully saturated rings. The maximum absolute atomic E-state index is 12.6. The molecule has 20 heteroatoms. The van der Waals surface area contributed by atoms with Crippen molar-refractivity contribution < 1.29 is 95.3 Å². The molecule has 1 atom stereocenters. The molecule has 0 aromatic carbocycles. The van der Waals surface area contributed by atoms with E-state index in [1.807, 2.05) is 54.5 Å². The molecule has 0 heterocycles. The van der Waals surface area contributed by atoms with Crippen LogP contribution >= 0.6 is 0 Å². The van der Waals surface area contributed by atoms with Crippen molar-refractivity contribution in [3.8, 4) is 0 Å². The van der Waals surface area contributed by atoms with Crippen LogP contribution in [0.2, 0.25) is 0 Å². The molecule has 582 valence electrons. The van der Waals surface area contributed by atoms with E-state index in [0.29, 0.717) is 59.0 Å². The first-order chi connectivity index (χ1) is 48.5. The molecule has 0 spiro atoms. The lowest BCUT2D eigenvalue weighted by atomic mass is 9.49. The molecule has 11 saturated carbocycles. The molecule has 12 aliphatic rings. The Bertz CT molecular complexity index is 3120. The van der Waals surface area contributed by atoms with Gasteiger partial charge in [0.25, 0.3) is 0 Å². The Morgan fingerprint density at radius 2 is 0.663 bits per heavy atom. The second kappa shape index (κ2) is 36.6. The van der Waals surface area contributed by atoms with Crippen LogP contribution in [0.4, 0.5) is 0 Å². The van der Waals surface area contributed by atoms with Gasteiger partial charge in [0.05, 0.1) is 46.3 Å². The van der Waals surface area contributed by atoms with Crippen LogP contribution in [0.1, 0.15) is 289 Å². The van der Waals surface area contributed by atoms with Crippen molar-refractivity contribution in [1.82, 2.24) is 0 Å². The van der Waals surface area contributed by atoms with Gasteiger partial charge < -0.3 is 47.4 Å². The lowest BCUT2D eigenvalue weighted by Gasteiger charge is -2.60. The van der Waals surface area contributed by atoms with E-state index in [-0.39, 0.29) is 91.3 Å². The Morgan fingerprint density at radius 3 is 1.00 bits per heavy atom. The SMILES string of the molecule is C=C(C)C(=O)OC1(CC(=O)OC(C)(C)C)C2CC3CC(C2)CC1C3.C=C(C)C(=O)OC1(CC(=O)OC(C)(C)C)CCCC1.C=C(C)C(=O)OC1(CC(=O)OC)C2CC3CC(C2)CC1C3.C=C(C)C(=O)OC1(CC(=O)OC)C=CCCC1.C=C(C)C(=O)OC1(CC(=O)OC2(C)CCCCC2)CCCCC1. The van der Waals surface area contributed by atoms with Crippen molar-refractivity contribution in [3.05, 3.63) is 72.9 Å². The molecule has 20 nitrogen and oxygen atoms in total. The molecule has 0 N–H and O–H groups in total. The van der Waals surface area contributed by atoms with E-state index in [4.69, 9.17) is 42.6 Å². The molecule has 0 saturated heterocycles. The first kappa shape index (κ1) is 86.1. The predicted octanol–water partition coefficient (Wildman–Crippen LogP) is 16.7. The minimum Gasteiger partial charge on any atom is -0.469 e. The van der Waals surface area contributed by atoms with Crippen LogP contribution in [0, 0.1) is 47.3 Å². The Morgan fingerprint density at radius 1 is 0.356 bits per heavy atom. The molecular weight excluding hydrogens is 1330 g/mol. The largest absolute Gasteiger partial charge is 0.469 e. The summed E-state index contributed by atoms with van der Waals surface area (Å²) in [4.78, 5) is 120. The van der Waals surface area contributed by atoms with Gasteiger partial charge in [-0.15, -0.1) is 0 Å². The summed E-state index contributed by atoms with van der Waals surface area (Å²) in [7, 11) is 2.72. The number of allylic oxidation sites excluding steroid dienone is 1. The Labute approximate surface area is 620 Å². The van der Waals surface area contributed by atoms with E-state index >= 15 is 0 Å². The maximum Gasteiger partial charge on any atom is 0.333 e. The number of ether oxygens (including phenoxy) is 10. The van der Waals surface area contributed by atoms with Gasteiger partial charge in [-0.05, 0) is 273 Å². The van der Waals surface area contributed by atoms with Gasteiger partial charge in [-0.2, -0.15) is 0 Å². The molecule has 1 unspecified atom stereocenters. The van der Waals surface area contributed by atoms with E-state index in [1.54, 1.807) is 40.7 Å². The highest BCUT2D eigenvalue weighted by Gasteiger charge is 2.62. The van der Waals surface area contributed by atoms with Crippen LogP contribution in [-0.4, -0.2) is 119 Å². The third kappa shape index (κ3) is 24.6. The number of carbonyl (C=O) groups is 10. The topological polar surface area (TPSA) is 263 Å². The van der Waals surface area contributed by atoms with E-state index in [9.17, 15) is 47.9 Å². The van der Waals surface area contributed by atoms with Crippen molar-refractivity contribution in [1.29, 1.82) is 0 Å². The van der Waals surface area contributed by atoms with Gasteiger partial charge in [0, 0.05) is 51.5 Å². The van der Waals surface area contributed by atoms with Gasteiger partial charge in [-0.25, -0.2) is 24.0 Å². The van der Waals surface area contributed by atoms with Crippen LogP contribution in [0.5, 0.6) is 0 Å². The molecule has 12 rings (SSSR count). The van der Waals surface area contributed by atoms with Gasteiger partial charge >= 0.3 is 59.7 Å². The van der Waals surface area contributed by atoms with Crippen LogP contribution in [0.3, 0.4) is 0 Å². The molecule has 104 heavy (non-hydrogen) atoms. The van der Waals surface area contributed by atoms with Crippen LogP contribution in [0.25, 0.3) is 0 Å². The zero-order chi connectivity index (χ0) is 77.4. The lowest BCUT2D eigenvalue weighted by Crippen LogP contribution is -2.60. The number of methoxy groups -OCH3 is 2. The summed E-state index contributed by atoms with van der Waals surface area (Å²) in [5.41, 5.74) is -3.13. The highest BCUT2D eigenvalue weighted by atomic mass is 16.6. The van der Waals surface area contributed by atoms with Gasteiger partial charge in [0.2, 0.25) is 0 Å². The third-order valence-electron chi connectivity index (χ3n) is 22.7. The minimum atomic E-state index is -0.860. The first-order valence-electron chi connectivity index (χ1n) is 38.4. The molecule has 0 amide bonds. The fourth-order valence-corrected chi connectivity index (χ4v) is 18.2. The zero-order valence-corrected chi connectivity index (χ0v) is 65.6. The molecule has 0 aromatic heterocycles. The highest BCUT2D eigenvalue weighted by Crippen LogP contribution is 2.62. The average Bonchev–Trinajstić information content (AvgIpc) is 0.801. The summed E-state index contributed by atoms with van der Waals surface area (Å²) in [6.45, 7) is 39.4. The number of esters is 10. The summed E-state index contributed by atoms with van der Waals surface area (Å²) in [6.07, 6.45) is 31.3. The van der Waals surface area contributed by atoms with Crippen LogP contribution < -0.4 is 0 Å². The van der Waals surface area contributed by atoms with Gasteiger partial charge in [-0.1, -0.05) is 51.8 Å². The smallest absolute Gasteiger partial charge is 0.333 e. The lowest BCUT2D eigenvalue weighted by molar-refractivity contribution is -0.214. The van der Waals surface area contributed by atoms with Crippen molar-refractivity contribution in [2.75, 3.05) is 14.2 Å². The van der Waals surface area contributed by atoms with E-state index in [1.165, 1.54) is 33.5 Å². The van der Waals surface area contributed by atoms with E-state index in [2.05, 4.69) is 37.6 Å². The van der Waals surface area contributed by atoms with Crippen molar-refractivity contribution in [2.45, 2.75) is 333 Å². The third-order valence-corrected chi connectivity index (χ3v) is 22.7. The Kier molecular flexibility index (Phi) is 30.3. The summed E-state index contributed by atoms with van der Waals surface area (Å²) >= 11 is 0. The zero-order valence-electron chi connectivity index (χ0n) is 65.6. The quantitative estimate of drug-likeness (QED) is 0.0447. The van der Waals surface area contributed by atoms with E-state index in [0.717, 1.165) is 159 Å². The van der Waals surface area contributed by atoms with Crippen LogP contribution in [0.15, 0.2) is 72.9 Å². The summed E-state index contributed by atoms with van der Waals surface area (Å²) in [5, 5.41) is 0. The highest BCUT2D eigenvalue weighted by molar-refractivity contribution is 5.90. The predicted molar refractivity (Wildman–Crippen MR) is 393 cm³/mol. The molecule has 0 radical (unpaired) electrons. The molecule has 0 aromatic rings.